The molecule has 2 N–H and O–H groups in total. The number of carbonyl (C=O) groups excluding carboxylic acids is 1. The lowest BCUT2D eigenvalue weighted by Gasteiger charge is -2.33. The van der Waals surface area contributed by atoms with E-state index in [1.807, 2.05) is 12.3 Å². The number of hydrogen-bond acceptors (Lipinski definition) is 6. The fourth-order valence-corrected chi connectivity index (χ4v) is 5.15. The third-order valence-corrected chi connectivity index (χ3v) is 7.15. The predicted octanol–water partition coefficient (Wildman–Crippen LogP) is 4.40. The van der Waals surface area contributed by atoms with Gasteiger partial charge in [0, 0.05) is 24.7 Å². The molecular formula is C28H33FN4O3. The van der Waals surface area contributed by atoms with Gasteiger partial charge < -0.3 is 25.0 Å². The molecule has 36 heavy (non-hydrogen) atoms. The summed E-state index contributed by atoms with van der Waals surface area (Å²) in [6.45, 7) is 4.59. The number of hydrogen-bond donors (Lipinski definition) is 2. The first kappa shape index (κ1) is 24.5. The Morgan fingerprint density at radius 3 is 2.97 bits per heavy atom. The number of halogens is 1. The lowest BCUT2D eigenvalue weighted by Crippen LogP contribution is -2.42. The average Bonchev–Trinajstić information content (AvgIpc) is 2.92. The van der Waals surface area contributed by atoms with Crippen molar-refractivity contribution in [2.24, 2.45) is 0 Å². The monoisotopic (exact) mass is 492 g/mol. The van der Waals surface area contributed by atoms with Crippen LogP contribution >= 0.6 is 0 Å². The van der Waals surface area contributed by atoms with Crippen LogP contribution in [0.4, 0.5) is 10.1 Å². The molecule has 1 aromatic carbocycles. The van der Waals surface area contributed by atoms with Crippen molar-refractivity contribution in [3.05, 3.63) is 71.0 Å². The number of nitrogens with zero attached hydrogens (tertiary/aromatic N) is 2. The van der Waals surface area contributed by atoms with E-state index in [1.54, 1.807) is 12.3 Å². The second-order valence-electron chi connectivity index (χ2n) is 9.56. The number of amides is 1. The van der Waals surface area contributed by atoms with Crippen molar-refractivity contribution < 1.29 is 18.7 Å². The number of allylic oxidation sites excluding steroid dienone is 1. The van der Waals surface area contributed by atoms with Gasteiger partial charge in [0.15, 0.2) is 0 Å². The summed E-state index contributed by atoms with van der Waals surface area (Å²) in [6, 6.07) is 7.04. The van der Waals surface area contributed by atoms with Crippen LogP contribution in [0.3, 0.4) is 0 Å². The molecule has 1 amide bonds. The largest absolute Gasteiger partial charge is 0.492 e. The summed E-state index contributed by atoms with van der Waals surface area (Å²) in [5, 5.41) is 6.28. The number of piperidine rings is 1. The summed E-state index contributed by atoms with van der Waals surface area (Å²) >= 11 is 0. The van der Waals surface area contributed by atoms with Crippen molar-refractivity contribution in [1.82, 2.24) is 15.2 Å². The molecule has 0 aliphatic carbocycles. The summed E-state index contributed by atoms with van der Waals surface area (Å²) in [7, 11) is 0. The number of pyridine rings is 1. The second kappa shape index (κ2) is 11.7. The second-order valence-corrected chi connectivity index (χ2v) is 9.56. The van der Waals surface area contributed by atoms with Gasteiger partial charge in [-0.25, -0.2) is 4.39 Å². The first-order valence-corrected chi connectivity index (χ1v) is 12.8. The van der Waals surface area contributed by atoms with Crippen molar-refractivity contribution in [3.63, 3.8) is 0 Å². The number of aromatic nitrogens is 1. The Morgan fingerprint density at radius 1 is 1.22 bits per heavy atom. The van der Waals surface area contributed by atoms with Crippen LogP contribution in [0.5, 0.6) is 5.75 Å². The Balaban J connectivity index is 1.13. The molecule has 3 aliphatic heterocycles. The number of likely N-dealkylation sites (tertiary alicyclic amines) is 1. The summed E-state index contributed by atoms with van der Waals surface area (Å²) in [6.07, 6.45) is 12.1. The van der Waals surface area contributed by atoms with Gasteiger partial charge in [-0.3, -0.25) is 9.78 Å². The minimum atomic E-state index is -0.399. The van der Waals surface area contributed by atoms with Gasteiger partial charge in [-0.15, -0.1) is 0 Å². The number of nitrogens with one attached hydrogen (secondary N) is 2. The highest BCUT2D eigenvalue weighted by Crippen LogP contribution is 2.33. The van der Waals surface area contributed by atoms with Crippen LogP contribution in [0, 0.1) is 5.82 Å². The molecule has 0 atom stereocenters. The Bertz CT molecular complexity index is 1140. The normalized spacial score (nSPS) is 18.4. The molecule has 5 rings (SSSR count). The van der Waals surface area contributed by atoms with Gasteiger partial charge in [-0.1, -0.05) is 0 Å². The Labute approximate surface area is 211 Å². The quantitative estimate of drug-likeness (QED) is 0.506. The van der Waals surface area contributed by atoms with Crippen LogP contribution in [0.25, 0.3) is 5.76 Å². The van der Waals surface area contributed by atoms with Gasteiger partial charge in [0.1, 0.15) is 17.3 Å². The number of fused-ring (bicyclic) bond motifs is 1. The number of carbonyl (C=O) groups is 1. The fourth-order valence-electron chi connectivity index (χ4n) is 5.15. The van der Waals surface area contributed by atoms with E-state index in [9.17, 15) is 9.18 Å². The van der Waals surface area contributed by atoms with E-state index in [-0.39, 0.29) is 0 Å². The molecule has 1 fully saturated rings. The van der Waals surface area contributed by atoms with Crippen LogP contribution in [-0.2, 0) is 22.5 Å². The van der Waals surface area contributed by atoms with E-state index in [1.165, 1.54) is 17.7 Å². The zero-order valence-corrected chi connectivity index (χ0v) is 20.5. The molecule has 0 bridgehead atoms. The van der Waals surface area contributed by atoms with E-state index in [2.05, 4.69) is 26.6 Å². The lowest BCUT2D eigenvalue weighted by molar-refractivity contribution is -0.105. The molecule has 4 heterocycles. The first-order chi connectivity index (χ1) is 17.7. The summed E-state index contributed by atoms with van der Waals surface area (Å²) in [5.41, 5.74) is 4.62. The van der Waals surface area contributed by atoms with Crippen molar-refractivity contribution in [2.75, 3.05) is 31.6 Å². The van der Waals surface area contributed by atoms with Crippen LogP contribution in [0.15, 0.2) is 48.4 Å². The molecule has 0 saturated carbocycles. The molecule has 0 spiro atoms. The maximum absolute atomic E-state index is 13.7. The molecule has 2 aromatic rings. The number of anilines is 1. The van der Waals surface area contributed by atoms with Gasteiger partial charge in [0.2, 0.25) is 6.41 Å². The van der Waals surface area contributed by atoms with Crippen LogP contribution < -0.4 is 15.4 Å². The standard InChI is InChI=1S/C28H33FN4O3/c29-22-5-6-25(26(16-22)32-19-34)28-20(3-1-14-36-28)7-10-33-11-8-23(9-12-33)30-17-24-15-21-4-2-13-35-27(21)18-31-24/h1,5-6,14-16,18-19,23,30H,2-4,7-13,17H2,(H,32,34). The van der Waals surface area contributed by atoms with Crippen molar-refractivity contribution in [2.45, 2.75) is 51.1 Å². The summed E-state index contributed by atoms with van der Waals surface area (Å²) < 4.78 is 25.2. The zero-order valence-electron chi connectivity index (χ0n) is 20.5. The number of aryl methyl sites for hydroxylation is 1. The van der Waals surface area contributed by atoms with Crippen LogP contribution in [0.2, 0.25) is 0 Å². The van der Waals surface area contributed by atoms with Crippen molar-refractivity contribution >= 4 is 17.9 Å². The summed E-state index contributed by atoms with van der Waals surface area (Å²) in [4.78, 5) is 18.1. The lowest BCUT2D eigenvalue weighted by atomic mass is 9.98. The number of benzene rings is 1. The van der Waals surface area contributed by atoms with Crippen LogP contribution in [-0.4, -0.2) is 48.6 Å². The van der Waals surface area contributed by atoms with Gasteiger partial charge >= 0.3 is 0 Å². The average molecular weight is 493 g/mol. The Morgan fingerprint density at radius 2 is 2.11 bits per heavy atom. The Kier molecular flexibility index (Phi) is 7.93. The van der Waals surface area contributed by atoms with E-state index in [4.69, 9.17) is 9.47 Å². The minimum Gasteiger partial charge on any atom is -0.492 e. The third-order valence-electron chi connectivity index (χ3n) is 7.15. The maximum Gasteiger partial charge on any atom is 0.211 e. The predicted molar refractivity (Wildman–Crippen MR) is 137 cm³/mol. The molecular weight excluding hydrogens is 459 g/mol. The number of ether oxygens (including phenoxy) is 2. The van der Waals surface area contributed by atoms with E-state index < -0.39 is 5.82 Å². The smallest absolute Gasteiger partial charge is 0.211 e. The SMILES string of the molecule is O=CNc1cc(F)ccc1C1=C(CCN2CCC(NCc3cc4c(cn3)OCCC4)CC2)CC=CO1. The highest BCUT2D eigenvalue weighted by atomic mass is 19.1. The highest BCUT2D eigenvalue weighted by Gasteiger charge is 2.22. The minimum absolute atomic E-state index is 0.399. The molecule has 0 radical (unpaired) electrons. The van der Waals surface area contributed by atoms with E-state index >= 15 is 0 Å². The topological polar surface area (TPSA) is 75.7 Å². The maximum atomic E-state index is 13.7. The molecule has 1 saturated heterocycles. The molecule has 8 heteroatoms. The van der Waals surface area contributed by atoms with E-state index in [0.29, 0.717) is 29.5 Å². The van der Waals surface area contributed by atoms with Crippen molar-refractivity contribution in [1.29, 1.82) is 0 Å². The molecule has 7 nitrogen and oxygen atoms in total. The van der Waals surface area contributed by atoms with Gasteiger partial charge in [0.25, 0.3) is 0 Å². The summed E-state index contributed by atoms with van der Waals surface area (Å²) in [5.74, 6) is 1.25. The molecule has 1 aromatic heterocycles. The Hall–Kier alpha value is -3.23. The highest BCUT2D eigenvalue weighted by molar-refractivity contribution is 5.82. The van der Waals surface area contributed by atoms with Gasteiger partial charge in [-0.2, -0.15) is 0 Å². The number of rotatable bonds is 9. The van der Waals surface area contributed by atoms with Crippen molar-refractivity contribution in [3.8, 4) is 5.75 Å². The third kappa shape index (κ3) is 5.94. The molecule has 0 unspecified atom stereocenters. The molecule has 3 aliphatic rings. The fraction of sp³-hybridized carbons (Fsp3) is 0.429. The molecule has 190 valence electrons. The van der Waals surface area contributed by atoms with Gasteiger partial charge in [-0.05, 0) is 93.1 Å². The van der Waals surface area contributed by atoms with E-state index in [0.717, 1.165) is 88.3 Å². The first-order valence-electron chi connectivity index (χ1n) is 12.8. The van der Waals surface area contributed by atoms with Crippen LogP contribution in [0.1, 0.15) is 48.9 Å². The van der Waals surface area contributed by atoms with Gasteiger partial charge in [0.05, 0.1) is 30.4 Å². The zero-order chi connectivity index (χ0) is 24.7.